The molecule has 6 nitrogen and oxygen atoms in total. The number of hydrogen-bond acceptors (Lipinski definition) is 3. The van der Waals surface area contributed by atoms with Crippen molar-refractivity contribution < 1.29 is 13.2 Å². The summed E-state index contributed by atoms with van der Waals surface area (Å²) in [4.78, 5) is 14.5. The molecule has 1 aromatic heterocycles. The standard InChI is InChI=1S/C19H25N3O3S/c1-13(2)11-22-8-7-21-12-16(10-18(21)19(22)23)26(24,25)20-17-9-14(3)5-6-15(17)4/h5-6,9-10,12-13,20H,7-8,11H2,1-4H3. The summed E-state index contributed by atoms with van der Waals surface area (Å²) < 4.78 is 30.0. The topological polar surface area (TPSA) is 71.4 Å². The second-order valence-corrected chi connectivity index (χ2v) is 9.01. The van der Waals surface area contributed by atoms with Crippen molar-refractivity contribution in [3.05, 3.63) is 47.3 Å². The zero-order valence-electron chi connectivity index (χ0n) is 15.6. The smallest absolute Gasteiger partial charge is 0.270 e. The Morgan fingerprint density at radius 2 is 1.88 bits per heavy atom. The Bertz CT molecular complexity index is 945. The number of sulfonamides is 1. The summed E-state index contributed by atoms with van der Waals surface area (Å²) in [5, 5.41) is 0. The molecule has 0 aliphatic carbocycles. The van der Waals surface area contributed by atoms with Gasteiger partial charge in [0.25, 0.3) is 15.9 Å². The van der Waals surface area contributed by atoms with Gasteiger partial charge in [-0.25, -0.2) is 8.42 Å². The van der Waals surface area contributed by atoms with E-state index in [0.717, 1.165) is 11.1 Å². The van der Waals surface area contributed by atoms with Crippen LogP contribution in [0.15, 0.2) is 35.4 Å². The van der Waals surface area contributed by atoms with Crippen LogP contribution in [0.1, 0.15) is 35.5 Å². The Balaban J connectivity index is 1.89. The second kappa shape index (κ2) is 6.79. The zero-order chi connectivity index (χ0) is 19.1. The molecule has 7 heteroatoms. The van der Waals surface area contributed by atoms with Gasteiger partial charge in [0.15, 0.2) is 0 Å². The fraction of sp³-hybridized carbons (Fsp3) is 0.421. The van der Waals surface area contributed by atoms with E-state index in [-0.39, 0.29) is 10.8 Å². The highest BCUT2D eigenvalue weighted by atomic mass is 32.2. The monoisotopic (exact) mass is 375 g/mol. The first-order valence-electron chi connectivity index (χ1n) is 8.77. The Morgan fingerprint density at radius 3 is 2.58 bits per heavy atom. The first-order chi connectivity index (χ1) is 12.2. The first kappa shape index (κ1) is 18.5. The van der Waals surface area contributed by atoms with Crippen molar-refractivity contribution in [1.29, 1.82) is 0 Å². The number of amides is 1. The average Bonchev–Trinajstić information content (AvgIpc) is 2.99. The molecule has 1 amide bonds. The van der Waals surface area contributed by atoms with E-state index in [1.807, 2.05) is 26.0 Å². The maximum atomic E-state index is 12.8. The predicted molar refractivity (Wildman–Crippen MR) is 102 cm³/mol. The number of hydrogen-bond donors (Lipinski definition) is 1. The molecular weight excluding hydrogens is 350 g/mol. The van der Waals surface area contributed by atoms with Crippen LogP contribution in [0.3, 0.4) is 0 Å². The molecule has 0 saturated heterocycles. The Morgan fingerprint density at radius 1 is 1.15 bits per heavy atom. The van der Waals surface area contributed by atoms with E-state index in [0.29, 0.717) is 36.9 Å². The van der Waals surface area contributed by atoms with Crippen molar-refractivity contribution in [2.75, 3.05) is 17.8 Å². The molecule has 0 bridgehead atoms. The highest BCUT2D eigenvalue weighted by molar-refractivity contribution is 7.92. The molecule has 26 heavy (non-hydrogen) atoms. The van der Waals surface area contributed by atoms with Crippen LogP contribution in [0, 0.1) is 19.8 Å². The molecule has 1 aliphatic heterocycles. The van der Waals surface area contributed by atoms with Gasteiger partial charge in [0.1, 0.15) is 10.6 Å². The third-order valence-corrected chi connectivity index (χ3v) is 5.85. The molecule has 140 valence electrons. The molecule has 0 atom stereocenters. The highest BCUT2D eigenvalue weighted by Gasteiger charge is 2.28. The lowest BCUT2D eigenvalue weighted by Crippen LogP contribution is -2.41. The van der Waals surface area contributed by atoms with Crippen molar-refractivity contribution in [2.45, 2.75) is 39.1 Å². The number of benzene rings is 1. The van der Waals surface area contributed by atoms with Gasteiger partial charge in [-0.1, -0.05) is 26.0 Å². The van der Waals surface area contributed by atoms with E-state index in [1.54, 1.807) is 21.7 Å². The summed E-state index contributed by atoms with van der Waals surface area (Å²) in [5.74, 6) is 0.257. The van der Waals surface area contributed by atoms with E-state index >= 15 is 0 Å². The van der Waals surface area contributed by atoms with Gasteiger partial charge < -0.3 is 9.47 Å². The number of carbonyl (C=O) groups excluding carboxylic acids is 1. The molecule has 0 radical (unpaired) electrons. The SMILES string of the molecule is Cc1ccc(C)c(NS(=O)(=O)c2cc3n(c2)CCN(CC(C)C)C3=O)c1. The number of nitrogens with one attached hydrogen (secondary N) is 1. The fourth-order valence-corrected chi connectivity index (χ4v) is 4.31. The molecule has 2 heterocycles. The van der Waals surface area contributed by atoms with Crippen LogP contribution in [0.4, 0.5) is 5.69 Å². The van der Waals surface area contributed by atoms with E-state index in [4.69, 9.17) is 0 Å². The van der Waals surface area contributed by atoms with E-state index in [1.165, 1.54) is 6.07 Å². The molecule has 0 spiro atoms. The van der Waals surface area contributed by atoms with Crippen molar-refractivity contribution in [3.8, 4) is 0 Å². The summed E-state index contributed by atoms with van der Waals surface area (Å²) in [6.07, 6.45) is 1.55. The highest BCUT2D eigenvalue weighted by Crippen LogP contribution is 2.24. The Hall–Kier alpha value is -2.28. The maximum Gasteiger partial charge on any atom is 0.270 e. The summed E-state index contributed by atoms with van der Waals surface area (Å²) >= 11 is 0. The van der Waals surface area contributed by atoms with E-state index < -0.39 is 10.0 Å². The van der Waals surface area contributed by atoms with E-state index in [2.05, 4.69) is 18.6 Å². The number of rotatable bonds is 5. The number of carbonyl (C=O) groups is 1. The van der Waals surface area contributed by atoms with Gasteiger partial charge in [-0.2, -0.15) is 0 Å². The van der Waals surface area contributed by atoms with Crippen molar-refractivity contribution in [3.63, 3.8) is 0 Å². The van der Waals surface area contributed by atoms with Crippen LogP contribution >= 0.6 is 0 Å². The number of fused-ring (bicyclic) bond motifs is 1. The van der Waals surface area contributed by atoms with Gasteiger partial charge in [-0.05, 0) is 43.0 Å². The summed E-state index contributed by atoms with van der Waals surface area (Å²) in [5.41, 5.74) is 2.81. The van der Waals surface area contributed by atoms with Crippen LogP contribution in [0.25, 0.3) is 0 Å². The van der Waals surface area contributed by atoms with Crippen molar-refractivity contribution in [1.82, 2.24) is 9.47 Å². The first-order valence-corrected chi connectivity index (χ1v) is 10.2. The van der Waals surface area contributed by atoms with Gasteiger partial charge in [0.2, 0.25) is 0 Å². The third kappa shape index (κ3) is 3.62. The molecule has 1 aliphatic rings. The maximum absolute atomic E-state index is 12.8. The average molecular weight is 375 g/mol. The minimum absolute atomic E-state index is 0.113. The van der Waals surface area contributed by atoms with Gasteiger partial charge in [0.05, 0.1) is 5.69 Å². The molecule has 0 unspecified atom stereocenters. The van der Waals surface area contributed by atoms with Crippen LogP contribution in [-0.4, -0.2) is 36.9 Å². The molecule has 0 saturated carbocycles. The molecule has 1 N–H and O–H groups in total. The number of nitrogens with zero attached hydrogens (tertiary/aromatic N) is 2. The van der Waals surface area contributed by atoms with Crippen LogP contribution in [0.5, 0.6) is 0 Å². The number of aromatic nitrogens is 1. The number of aryl methyl sites for hydroxylation is 2. The van der Waals surface area contributed by atoms with Crippen LogP contribution < -0.4 is 4.72 Å². The molecular formula is C19H25N3O3S. The van der Waals surface area contributed by atoms with Gasteiger partial charge in [0, 0.05) is 25.8 Å². The fourth-order valence-electron chi connectivity index (χ4n) is 3.15. The third-order valence-electron chi connectivity index (χ3n) is 4.52. The lowest BCUT2D eigenvalue weighted by atomic mass is 10.1. The van der Waals surface area contributed by atoms with E-state index in [9.17, 15) is 13.2 Å². The molecule has 2 aromatic rings. The van der Waals surface area contributed by atoms with Gasteiger partial charge in [-0.15, -0.1) is 0 Å². The minimum Gasteiger partial charge on any atom is -0.340 e. The van der Waals surface area contributed by atoms with Gasteiger partial charge >= 0.3 is 0 Å². The van der Waals surface area contributed by atoms with Crippen molar-refractivity contribution >= 4 is 21.6 Å². The quantitative estimate of drug-likeness (QED) is 0.873. The molecule has 3 rings (SSSR count). The Labute approximate surface area is 154 Å². The van der Waals surface area contributed by atoms with Crippen LogP contribution in [0.2, 0.25) is 0 Å². The molecule has 0 fully saturated rings. The van der Waals surface area contributed by atoms with Crippen LogP contribution in [-0.2, 0) is 16.6 Å². The lowest BCUT2D eigenvalue weighted by molar-refractivity contribution is 0.0683. The van der Waals surface area contributed by atoms with Crippen molar-refractivity contribution in [2.24, 2.45) is 5.92 Å². The normalized spacial score (nSPS) is 14.7. The molecule has 1 aromatic carbocycles. The summed E-state index contributed by atoms with van der Waals surface area (Å²) in [7, 11) is -3.75. The minimum atomic E-state index is -3.75. The lowest BCUT2D eigenvalue weighted by Gasteiger charge is -2.29. The summed E-state index contributed by atoms with van der Waals surface area (Å²) in [6, 6.07) is 7.10. The number of anilines is 1. The van der Waals surface area contributed by atoms with Gasteiger partial charge in [-0.3, -0.25) is 9.52 Å². The second-order valence-electron chi connectivity index (χ2n) is 7.32. The largest absolute Gasteiger partial charge is 0.340 e. The Kier molecular flexibility index (Phi) is 4.84. The summed E-state index contributed by atoms with van der Waals surface area (Å²) in [6.45, 7) is 9.77. The zero-order valence-corrected chi connectivity index (χ0v) is 16.4. The predicted octanol–water partition coefficient (Wildman–Crippen LogP) is 3.02.